The van der Waals surface area contributed by atoms with E-state index in [4.69, 9.17) is 0 Å². The summed E-state index contributed by atoms with van der Waals surface area (Å²) in [5, 5.41) is 0. The number of amides is 2. The third-order valence-corrected chi connectivity index (χ3v) is 6.30. The van der Waals surface area contributed by atoms with Gasteiger partial charge in [0.05, 0.1) is 0 Å². The predicted molar refractivity (Wildman–Crippen MR) is 108 cm³/mol. The maximum Gasteiger partial charge on any atom is 0.253 e. The molecule has 5 nitrogen and oxygen atoms in total. The molecule has 5 heteroatoms. The number of piperidine rings is 2. The molecule has 4 rings (SSSR count). The standard InChI is InChI=1S/C23H27N3O2/c27-21-6-10-23(18-26(21)15-9-19-7-13-24-14-8-19)11-16-25(17-12-23)22(28)20-4-2-1-3-5-20/h1-5,7-8,13-14H,6,9-12,15-18H2. The average molecular weight is 377 g/mol. The van der Waals surface area contributed by atoms with Gasteiger partial charge in [0.15, 0.2) is 0 Å². The van der Waals surface area contributed by atoms with Crippen molar-refractivity contribution in [2.75, 3.05) is 26.2 Å². The zero-order valence-electron chi connectivity index (χ0n) is 16.2. The molecule has 2 saturated heterocycles. The predicted octanol–water partition coefficient (Wildman–Crippen LogP) is 3.17. The lowest BCUT2D eigenvalue weighted by molar-refractivity contribution is -0.138. The molecule has 3 heterocycles. The van der Waals surface area contributed by atoms with Crippen LogP contribution in [0.25, 0.3) is 0 Å². The quantitative estimate of drug-likeness (QED) is 0.822. The molecule has 1 aromatic heterocycles. The molecule has 0 unspecified atom stereocenters. The maximum atomic E-state index is 12.7. The number of carbonyl (C=O) groups is 2. The fourth-order valence-electron chi connectivity index (χ4n) is 4.48. The lowest BCUT2D eigenvalue weighted by Crippen LogP contribution is -2.52. The molecule has 0 radical (unpaired) electrons. The van der Waals surface area contributed by atoms with Crippen molar-refractivity contribution in [1.29, 1.82) is 0 Å². The lowest BCUT2D eigenvalue weighted by atomic mass is 9.72. The Hall–Kier alpha value is -2.69. The molecular weight excluding hydrogens is 350 g/mol. The van der Waals surface area contributed by atoms with Gasteiger partial charge >= 0.3 is 0 Å². The summed E-state index contributed by atoms with van der Waals surface area (Å²) in [6.07, 6.45) is 7.99. The van der Waals surface area contributed by atoms with Crippen molar-refractivity contribution >= 4 is 11.8 Å². The second-order valence-electron chi connectivity index (χ2n) is 8.08. The second-order valence-corrected chi connectivity index (χ2v) is 8.08. The molecule has 0 saturated carbocycles. The van der Waals surface area contributed by atoms with Gasteiger partial charge in [-0.25, -0.2) is 0 Å². The zero-order chi connectivity index (χ0) is 19.4. The minimum atomic E-state index is 0.122. The number of hydrogen-bond donors (Lipinski definition) is 0. The summed E-state index contributed by atoms with van der Waals surface area (Å²) in [6.45, 7) is 3.14. The van der Waals surface area contributed by atoms with Gasteiger partial charge in [0.25, 0.3) is 5.91 Å². The van der Waals surface area contributed by atoms with E-state index in [2.05, 4.69) is 4.98 Å². The Morgan fingerprint density at radius 1 is 1.00 bits per heavy atom. The number of pyridine rings is 1. The number of aromatic nitrogens is 1. The summed E-state index contributed by atoms with van der Waals surface area (Å²) < 4.78 is 0. The fourth-order valence-corrected chi connectivity index (χ4v) is 4.48. The Morgan fingerprint density at radius 2 is 1.71 bits per heavy atom. The first-order valence-corrected chi connectivity index (χ1v) is 10.2. The van der Waals surface area contributed by atoms with Gasteiger partial charge < -0.3 is 9.80 Å². The van der Waals surface area contributed by atoms with E-state index in [1.165, 1.54) is 5.56 Å². The number of carbonyl (C=O) groups excluding carboxylic acids is 2. The molecule has 2 aliphatic heterocycles. The molecule has 0 N–H and O–H groups in total. The minimum absolute atomic E-state index is 0.122. The van der Waals surface area contributed by atoms with Crippen LogP contribution in [0, 0.1) is 5.41 Å². The van der Waals surface area contributed by atoms with Crippen molar-refractivity contribution < 1.29 is 9.59 Å². The fraction of sp³-hybridized carbons (Fsp3) is 0.435. The number of rotatable bonds is 4. The van der Waals surface area contributed by atoms with Crippen molar-refractivity contribution in [3.05, 3.63) is 66.0 Å². The van der Waals surface area contributed by atoms with Gasteiger partial charge in [0.2, 0.25) is 5.91 Å². The molecular formula is C23H27N3O2. The first-order chi connectivity index (χ1) is 13.7. The van der Waals surface area contributed by atoms with Crippen LogP contribution in [0.3, 0.4) is 0 Å². The van der Waals surface area contributed by atoms with Crippen molar-refractivity contribution in [1.82, 2.24) is 14.8 Å². The van der Waals surface area contributed by atoms with E-state index in [-0.39, 0.29) is 17.2 Å². The second kappa shape index (κ2) is 8.13. The highest BCUT2D eigenvalue weighted by Gasteiger charge is 2.41. The molecule has 2 fully saturated rings. The zero-order valence-corrected chi connectivity index (χ0v) is 16.2. The number of likely N-dealkylation sites (tertiary alicyclic amines) is 2. The Bertz CT molecular complexity index is 814. The molecule has 2 aromatic rings. The molecule has 2 amide bonds. The monoisotopic (exact) mass is 377 g/mol. The van der Waals surface area contributed by atoms with Crippen LogP contribution in [-0.4, -0.2) is 52.8 Å². The summed E-state index contributed by atoms with van der Waals surface area (Å²) >= 11 is 0. The Morgan fingerprint density at radius 3 is 2.43 bits per heavy atom. The molecule has 2 aliphatic rings. The van der Waals surface area contributed by atoms with Crippen LogP contribution < -0.4 is 0 Å². The molecule has 1 aromatic carbocycles. The first-order valence-electron chi connectivity index (χ1n) is 10.2. The van der Waals surface area contributed by atoms with E-state index in [9.17, 15) is 9.59 Å². The summed E-state index contributed by atoms with van der Waals surface area (Å²) in [4.78, 5) is 33.2. The average Bonchev–Trinajstić information content (AvgIpc) is 2.76. The summed E-state index contributed by atoms with van der Waals surface area (Å²) in [5.41, 5.74) is 2.14. The molecule has 0 atom stereocenters. The summed E-state index contributed by atoms with van der Waals surface area (Å²) in [7, 11) is 0. The lowest BCUT2D eigenvalue weighted by Gasteiger charge is -2.47. The Kier molecular flexibility index (Phi) is 5.42. The van der Waals surface area contributed by atoms with Crippen LogP contribution in [0.2, 0.25) is 0 Å². The van der Waals surface area contributed by atoms with Crippen LogP contribution in [0.15, 0.2) is 54.9 Å². The SMILES string of the molecule is O=C1CCC2(CCN(C(=O)c3ccccc3)CC2)CN1CCc1ccncc1. The van der Waals surface area contributed by atoms with Gasteiger partial charge in [-0.1, -0.05) is 18.2 Å². The van der Waals surface area contributed by atoms with E-state index >= 15 is 0 Å². The van der Waals surface area contributed by atoms with Crippen molar-refractivity contribution in [2.45, 2.75) is 32.1 Å². The molecule has 0 bridgehead atoms. The van der Waals surface area contributed by atoms with Crippen LogP contribution in [0.5, 0.6) is 0 Å². The van der Waals surface area contributed by atoms with E-state index in [1.54, 1.807) is 12.4 Å². The van der Waals surface area contributed by atoms with E-state index in [1.807, 2.05) is 52.3 Å². The normalized spacial score (nSPS) is 19.1. The van der Waals surface area contributed by atoms with Gasteiger partial charge in [-0.05, 0) is 60.9 Å². The highest BCUT2D eigenvalue weighted by Crippen LogP contribution is 2.40. The molecule has 146 valence electrons. The van der Waals surface area contributed by atoms with E-state index in [0.29, 0.717) is 6.42 Å². The van der Waals surface area contributed by atoms with Crippen molar-refractivity contribution in [2.24, 2.45) is 5.41 Å². The van der Waals surface area contributed by atoms with Crippen LogP contribution in [0.4, 0.5) is 0 Å². The largest absolute Gasteiger partial charge is 0.342 e. The Balaban J connectivity index is 1.35. The number of hydrogen-bond acceptors (Lipinski definition) is 3. The number of benzene rings is 1. The van der Waals surface area contributed by atoms with E-state index < -0.39 is 0 Å². The highest BCUT2D eigenvalue weighted by molar-refractivity contribution is 5.94. The summed E-state index contributed by atoms with van der Waals surface area (Å²) in [6, 6.07) is 13.5. The van der Waals surface area contributed by atoms with Gasteiger partial charge in [0, 0.05) is 50.6 Å². The smallest absolute Gasteiger partial charge is 0.253 e. The topological polar surface area (TPSA) is 53.5 Å². The van der Waals surface area contributed by atoms with Gasteiger partial charge in [-0.15, -0.1) is 0 Å². The maximum absolute atomic E-state index is 12.7. The highest BCUT2D eigenvalue weighted by atomic mass is 16.2. The third-order valence-electron chi connectivity index (χ3n) is 6.30. The van der Waals surface area contributed by atoms with Crippen molar-refractivity contribution in [3.8, 4) is 0 Å². The number of nitrogens with zero attached hydrogens (tertiary/aromatic N) is 3. The molecule has 1 spiro atoms. The van der Waals surface area contributed by atoms with E-state index in [0.717, 1.165) is 57.4 Å². The van der Waals surface area contributed by atoms with Crippen LogP contribution in [0.1, 0.15) is 41.6 Å². The van der Waals surface area contributed by atoms with Crippen LogP contribution in [-0.2, 0) is 11.2 Å². The van der Waals surface area contributed by atoms with Crippen LogP contribution >= 0.6 is 0 Å². The first kappa shape index (κ1) is 18.7. The molecule has 0 aliphatic carbocycles. The Labute approximate surface area is 166 Å². The van der Waals surface area contributed by atoms with Gasteiger partial charge in [-0.2, -0.15) is 0 Å². The summed E-state index contributed by atoms with van der Waals surface area (Å²) in [5.74, 6) is 0.388. The van der Waals surface area contributed by atoms with Crippen molar-refractivity contribution in [3.63, 3.8) is 0 Å². The van der Waals surface area contributed by atoms with Gasteiger partial charge in [0.1, 0.15) is 0 Å². The molecule has 28 heavy (non-hydrogen) atoms. The third kappa shape index (κ3) is 4.08. The minimum Gasteiger partial charge on any atom is -0.342 e. The van der Waals surface area contributed by atoms with Gasteiger partial charge in [-0.3, -0.25) is 14.6 Å².